The molecular formula is C20H17ClFNO3S. The van der Waals surface area contributed by atoms with Crippen LogP contribution in [0.15, 0.2) is 51.7 Å². The van der Waals surface area contributed by atoms with Crippen LogP contribution in [0.5, 0.6) is 0 Å². The number of halogens is 2. The molecule has 7 heteroatoms. The molecule has 1 heterocycles. The summed E-state index contributed by atoms with van der Waals surface area (Å²) in [6.07, 6.45) is 0.853. The van der Waals surface area contributed by atoms with E-state index in [0.717, 1.165) is 22.9 Å². The van der Waals surface area contributed by atoms with E-state index in [1.807, 2.05) is 25.1 Å². The molecule has 1 N–H and O–H groups in total. The zero-order valence-corrected chi connectivity index (χ0v) is 16.1. The van der Waals surface area contributed by atoms with Gasteiger partial charge in [-0.05, 0) is 41.8 Å². The Kier molecular flexibility index (Phi) is 6.19. The van der Waals surface area contributed by atoms with Gasteiger partial charge in [0.25, 0.3) is 0 Å². The van der Waals surface area contributed by atoms with Crippen molar-refractivity contribution in [2.75, 3.05) is 11.1 Å². The van der Waals surface area contributed by atoms with Gasteiger partial charge < -0.3 is 9.73 Å². The van der Waals surface area contributed by atoms with Crippen molar-refractivity contribution in [2.24, 2.45) is 0 Å². The van der Waals surface area contributed by atoms with E-state index < -0.39 is 11.4 Å². The SMILES string of the molecule is CCc1ccc2c(CSCC(=O)Nc3ccc(F)c(Cl)c3)cc(=O)oc2c1. The summed E-state index contributed by atoms with van der Waals surface area (Å²) in [5.41, 5.74) is 2.50. The number of hydrogen-bond donors (Lipinski definition) is 1. The van der Waals surface area contributed by atoms with E-state index in [0.29, 0.717) is 17.0 Å². The summed E-state index contributed by atoms with van der Waals surface area (Å²) < 4.78 is 18.4. The molecule has 0 aliphatic carbocycles. The van der Waals surface area contributed by atoms with Crippen molar-refractivity contribution in [3.63, 3.8) is 0 Å². The van der Waals surface area contributed by atoms with Gasteiger partial charge in [-0.1, -0.05) is 30.7 Å². The van der Waals surface area contributed by atoms with Crippen LogP contribution >= 0.6 is 23.4 Å². The number of amides is 1. The van der Waals surface area contributed by atoms with Gasteiger partial charge in [-0.2, -0.15) is 0 Å². The van der Waals surface area contributed by atoms with Gasteiger partial charge in [-0.15, -0.1) is 11.8 Å². The fourth-order valence-electron chi connectivity index (χ4n) is 2.64. The zero-order chi connectivity index (χ0) is 19.4. The van der Waals surface area contributed by atoms with Gasteiger partial charge in [-0.3, -0.25) is 4.79 Å². The van der Waals surface area contributed by atoms with Crippen LogP contribution < -0.4 is 10.9 Å². The highest BCUT2D eigenvalue weighted by molar-refractivity contribution is 7.99. The number of aryl methyl sites for hydroxylation is 1. The predicted molar refractivity (Wildman–Crippen MR) is 108 cm³/mol. The van der Waals surface area contributed by atoms with E-state index in [1.165, 1.54) is 36.0 Å². The van der Waals surface area contributed by atoms with Crippen molar-refractivity contribution in [3.8, 4) is 0 Å². The van der Waals surface area contributed by atoms with Crippen molar-refractivity contribution >= 4 is 45.9 Å². The second-order valence-corrected chi connectivity index (χ2v) is 7.34. The fourth-order valence-corrected chi connectivity index (χ4v) is 3.64. The van der Waals surface area contributed by atoms with E-state index >= 15 is 0 Å². The molecule has 0 aliphatic rings. The molecule has 0 spiro atoms. The second-order valence-electron chi connectivity index (χ2n) is 5.94. The third kappa shape index (κ3) is 4.90. The molecule has 2 aromatic carbocycles. The maximum Gasteiger partial charge on any atom is 0.336 e. The first kappa shape index (κ1) is 19.5. The lowest BCUT2D eigenvalue weighted by Crippen LogP contribution is -2.14. The van der Waals surface area contributed by atoms with Gasteiger partial charge in [0.15, 0.2) is 0 Å². The lowest BCUT2D eigenvalue weighted by molar-refractivity contribution is -0.113. The monoisotopic (exact) mass is 405 g/mol. The lowest BCUT2D eigenvalue weighted by Gasteiger charge is -2.08. The third-order valence-corrected chi connectivity index (χ3v) is 5.27. The quantitative estimate of drug-likeness (QED) is 0.585. The largest absolute Gasteiger partial charge is 0.423 e. The minimum absolute atomic E-state index is 0.0469. The number of fused-ring (bicyclic) bond motifs is 1. The Morgan fingerprint density at radius 1 is 1.22 bits per heavy atom. The summed E-state index contributed by atoms with van der Waals surface area (Å²) >= 11 is 7.08. The molecule has 1 amide bonds. The van der Waals surface area contributed by atoms with Gasteiger partial charge >= 0.3 is 5.63 Å². The van der Waals surface area contributed by atoms with Gasteiger partial charge in [0.2, 0.25) is 5.91 Å². The number of hydrogen-bond acceptors (Lipinski definition) is 4. The maximum absolute atomic E-state index is 13.2. The molecule has 0 saturated heterocycles. The minimum atomic E-state index is -0.537. The highest BCUT2D eigenvalue weighted by Gasteiger charge is 2.09. The third-order valence-electron chi connectivity index (χ3n) is 4.00. The molecule has 0 saturated carbocycles. The molecule has 0 fully saturated rings. The van der Waals surface area contributed by atoms with Crippen LogP contribution in [0, 0.1) is 5.82 Å². The number of anilines is 1. The maximum atomic E-state index is 13.2. The van der Waals surface area contributed by atoms with Gasteiger partial charge in [-0.25, -0.2) is 9.18 Å². The summed E-state index contributed by atoms with van der Waals surface area (Å²) in [5, 5.41) is 3.49. The van der Waals surface area contributed by atoms with E-state index in [4.69, 9.17) is 16.0 Å². The van der Waals surface area contributed by atoms with Crippen LogP contribution in [-0.4, -0.2) is 11.7 Å². The van der Waals surface area contributed by atoms with E-state index in [1.54, 1.807) is 0 Å². The first-order chi connectivity index (χ1) is 13.0. The lowest BCUT2D eigenvalue weighted by atomic mass is 10.1. The first-order valence-electron chi connectivity index (χ1n) is 8.34. The number of nitrogens with one attached hydrogen (secondary N) is 1. The summed E-state index contributed by atoms with van der Waals surface area (Å²) in [5.74, 6) is -0.0946. The summed E-state index contributed by atoms with van der Waals surface area (Å²) in [7, 11) is 0. The standard InChI is InChI=1S/C20H17ClFNO3S/c1-2-12-3-5-15-13(8-20(25)26-18(15)7-12)10-27-11-19(24)23-14-4-6-17(22)16(21)9-14/h3-9H,2,10-11H2,1H3,(H,23,24). The van der Waals surface area contributed by atoms with Crippen LogP contribution in [0.2, 0.25) is 5.02 Å². The normalized spacial score (nSPS) is 10.9. The van der Waals surface area contributed by atoms with Crippen molar-refractivity contribution in [2.45, 2.75) is 19.1 Å². The van der Waals surface area contributed by atoms with E-state index in [-0.39, 0.29) is 16.7 Å². The molecule has 0 unspecified atom stereocenters. The summed E-state index contributed by atoms with van der Waals surface area (Å²) in [6.45, 7) is 2.03. The van der Waals surface area contributed by atoms with Crippen LogP contribution in [0.4, 0.5) is 10.1 Å². The number of carbonyl (C=O) groups is 1. The molecule has 1 aromatic heterocycles. The predicted octanol–water partition coefficient (Wildman–Crippen LogP) is 5.02. The van der Waals surface area contributed by atoms with Crippen LogP contribution in [0.1, 0.15) is 18.1 Å². The smallest absolute Gasteiger partial charge is 0.336 e. The number of rotatable bonds is 6. The second kappa shape index (κ2) is 8.59. The Morgan fingerprint density at radius 2 is 2.04 bits per heavy atom. The van der Waals surface area contributed by atoms with E-state index in [2.05, 4.69) is 5.32 Å². The Hall–Kier alpha value is -2.31. The molecule has 0 radical (unpaired) electrons. The van der Waals surface area contributed by atoms with Gasteiger partial charge in [0.1, 0.15) is 11.4 Å². The number of carbonyl (C=O) groups excluding carboxylic acids is 1. The Labute approximate surface area is 164 Å². The van der Waals surface area contributed by atoms with Crippen molar-refractivity contribution in [3.05, 3.63) is 74.9 Å². The average molecular weight is 406 g/mol. The Bertz CT molecular complexity index is 1050. The minimum Gasteiger partial charge on any atom is -0.423 e. The number of benzene rings is 2. The topological polar surface area (TPSA) is 59.3 Å². The average Bonchev–Trinajstić information content (AvgIpc) is 2.64. The van der Waals surface area contributed by atoms with Gasteiger partial charge in [0, 0.05) is 22.9 Å². The molecule has 140 valence electrons. The molecule has 0 aliphatic heterocycles. The summed E-state index contributed by atoms with van der Waals surface area (Å²) in [6, 6.07) is 11.3. The highest BCUT2D eigenvalue weighted by atomic mass is 35.5. The Morgan fingerprint density at radius 3 is 2.78 bits per heavy atom. The van der Waals surface area contributed by atoms with Crippen LogP contribution in [0.3, 0.4) is 0 Å². The van der Waals surface area contributed by atoms with Gasteiger partial charge in [0.05, 0.1) is 10.8 Å². The summed E-state index contributed by atoms with van der Waals surface area (Å²) in [4.78, 5) is 23.9. The molecule has 3 aromatic rings. The highest BCUT2D eigenvalue weighted by Crippen LogP contribution is 2.23. The first-order valence-corrected chi connectivity index (χ1v) is 9.88. The molecule has 4 nitrogen and oxygen atoms in total. The fraction of sp³-hybridized carbons (Fsp3) is 0.200. The molecule has 3 rings (SSSR count). The molecule has 0 bridgehead atoms. The molecule has 27 heavy (non-hydrogen) atoms. The van der Waals surface area contributed by atoms with E-state index in [9.17, 15) is 14.0 Å². The van der Waals surface area contributed by atoms with Crippen molar-refractivity contribution in [1.82, 2.24) is 0 Å². The molecular weight excluding hydrogens is 389 g/mol. The van der Waals surface area contributed by atoms with Crippen LogP contribution in [0.25, 0.3) is 11.0 Å². The number of thioether (sulfide) groups is 1. The zero-order valence-electron chi connectivity index (χ0n) is 14.6. The van der Waals surface area contributed by atoms with Crippen LogP contribution in [-0.2, 0) is 17.0 Å². The molecule has 0 atom stereocenters. The Balaban J connectivity index is 1.65. The van der Waals surface area contributed by atoms with Crippen molar-refractivity contribution in [1.29, 1.82) is 0 Å². The van der Waals surface area contributed by atoms with Crippen molar-refractivity contribution < 1.29 is 13.6 Å².